The molecule has 0 N–H and O–H groups in total. The summed E-state index contributed by atoms with van der Waals surface area (Å²) in [5.74, 6) is 0. The van der Waals surface area contributed by atoms with Crippen molar-refractivity contribution in [1.29, 1.82) is 0 Å². The van der Waals surface area contributed by atoms with E-state index in [-0.39, 0.29) is 0 Å². The molecule has 4 heteroatoms. The van der Waals surface area contributed by atoms with Gasteiger partial charge in [0, 0.05) is 49.6 Å². The van der Waals surface area contributed by atoms with E-state index in [2.05, 4.69) is 240 Å². The van der Waals surface area contributed by atoms with Crippen molar-refractivity contribution < 1.29 is 8.83 Å². The average Bonchev–Trinajstić information content (AvgIpc) is 4.09. The fourth-order valence-corrected chi connectivity index (χ4v) is 10.6. The van der Waals surface area contributed by atoms with Crippen molar-refractivity contribution in [3.63, 3.8) is 0 Å². The van der Waals surface area contributed by atoms with E-state index in [9.17, 15) is 0 Å². The zero-order valence-corrected chi connectivity index (χ0v) is 36.8. The van der Waals surface area contributed by atoms with Gasteiger partial charge in [-0.3, -0.25) is 0 Å². The van der Waals surface area contributed by atoms with Gasteiger partial charge in [-0.05, 0) is 124 Å². The summed E-state index contributed by atoms with van der Waals surface area (Å²) in [7, 11) is 0. The van der Waals surface area contributed by atoms with Gasteiger partial charge in [-0.2, -0.15) is 0 Å². The average molecular weight is 869 g/mol. The third kappa shape index (κ3) is 6.01. The SMILES string of the molecule is c1cc(-c2cccc3oc4ccccc4c23)cc(N(c2ccc(-c3ccc4ccccc4c3)cc2)c2ccc(-c3ccc(-n4c5ccccc5c5ccccc54)cc3)c3oc4ccccc4c23)c1. The molecule has 3 aromatic heterocycles. The lowest BCUT2D eigenvalue weighted by molar-refractivity contribution is 0.669. The normalized spacial score (nSPS) is 11.8. The Morgan fingerprint density at radius 1 is 0.324 bits per heavy atom. The molecule has 0 aliphatic rings. The van der Waals surface area contributed by atoms with Crippen molar-refractivity contribution >= 4 is 93.5 Å². The number of fused-ring (bicyclic) bond motifs is 10. The molecular weight excluding hydrogens is 829 g/mol. The van der Waals surface area contributed by atoms with Crippen molar-refractivity contribution in [1.82, 2.24) is 4.57 Å². The molecule has 0 aliphatic heterocycles. The molecule has 68 heavy (non-hydrogen) atoms. The second-order valence-electron chi connectivity index (χ2n) is 17.6. The number of nitrogens with zero attached hydrogens (tertiary/aromatic N) is 2. The van der Waals surface area contributed by atoms with Crippen molar-refractivity contribution in [2.24, 2.45) is 0 Å². The third-order valence-corrected chi connectivity index (χ3v) is 13.8. The Kier molecular flexibility index (Phi) is 8.55. The Balaban J connectivity index is 0.948. The highest BCUT2D eigenvalue weighted by Gasteiger charge is 2.24. The van der Waals surface area contributed by atoms with Gasteiger partial charge in [0.25, 0.3) is 0 Å². The maximum Gasteiger partial charge on any atom is 0.145 e. The van der Waals surface area contributed by atoms with Gasteiger partial charge in [0.15, 0.2) is 0 Å². The Morgan fingerprint density at radius 2 is 0.926 bits per heavy atom. The van der Waals surface area contributed by atoms with Crippen LogP contribution in [0, 0.1) is 0 Å². The number of rotatable bonds is 7. The summed E-state index contributed by atoms with van der Waals surface area (Å²) >= 11 is 0. The Labute approximate surface area is 391 Å². The monoisotopic (exact) mass is 868 g/mol. The first-order chi connectivity index (χ1) is 33.7. The molecule has 4 nitrogen and oxygen atoms in total. The zero-order valence-electron chi connectivity index (χ0n) is 36.8. The molecule has 0 atom stereocenters. The molecule has 0 amide bonds. The summed E-state index contributed by atoms with van der Waals surface area (Å²) in [5, 5.41) is 9.29. The predicted molar refractivity (Wildman–Crippen MR) is 284 cm³/mol. The van der Waals surface area contributed by atoms with Crippen LogP contribution in [0.5, 0.6) is 0 Å². The van der Waals surface area contributed by atoms with Crippen molar-refractivity contribution in [3.8, 4) is 39.1 Å². The summed E-state index contributed by atoms with van der Waals surface area (Å²) in [6.07, 6.45) is 0. The first-order valence-corrected chi connectivity index (χ1v) is 23.2. The largest absolute Gasteiger partial charge is 0.456 e. The smallest absolute Gasteiger partial charge is 0.145 e. The summed E-state index contributed by atoms with van der Waals surface area (Å²) in [6, 6.07) is 86.9. The first kappa shape index (κ1) is 38.2. The van der Waals surface area contributed by atoms with Crippen molar-refractivity contribution in [2.45, 2.75) is 0 Å². The predicted octanol–water partition coefficient (Wildman–Crippen LogP) is 18.2. The van der Waals surface area contributed by atoms with E-state index in [4.69, 9.17) is 8.83 Å². The van der Waals surface area contributed by atoms with E-state index in [0.29, 0.717) is 0 Å². The number of anilines is 3. The van der Waals surface area contributed by atoms with Crippen molar-refractivity contribution in [2.75, 3.05) is 4.90 Å². The Morgan fingerprint density at radius 3 is 1.69 bits per heavy atom. The van der Waals surface area contributed by atoms with E-state index in [1.54, 1.807) is 0 Å². The topological polar surface area (TPSA) is 34.5 Å². The highest BCUT2D eigenvalue weighted by Crippen LogP contribution is 2.48. The second-order valence-corrected chi connectivity index (χ2v) is 17.6. The summed E-state index contributed by atoms with van der Waals surface area (Å²) in [4.78, 5) is 2.39. The van der Waals surface area contributed by atoms with E-state index in [1.165, 1.54) is 38.1 Å². The molecule has 11 aromatic carbocycles. The Bertz CT molecular complexity index is 4210. The molecule has 0 saturated carbocycles. The highest BCUT2D eigenvalue weighted by molar-refractivity contribution is 6.18. The molecule has 0 bridgehead atoms. The van der Waals surface area contributed by atoms with E-state index in [1.807, 2.05) is 12.1 Å². The second kappa shape index (κ2) is 15.2. The molecule has 0 fully saturated rings. The van der Waals surface area contributed by atoms with Crippen LogP contribution in [-0.2, 0) is 0 Å². The van der Waals surface area contributed by atoms with Crippen LogP contribution in [0.2, 0.25) is 0 Å². The van der Waals surface area contributed by atoms with E-state index in [0.717, 1.165) is 94.4 Å². The third-order valence-electron chi connectivity index (χ3n) is 13.8. The van der Waals surface area contributed by atoms with Crippen LogP contribution in [0.4, 0.5) is 17.1 Å². The highest BCUT2D eigenvalue weighted by atomic mass is 16.3. The van der Waals surface area contributed by atoms with Crippen molar-refractivity contribution in [3.05, 3.63) is 243 Å². The lowest BCUT2D eigenvalue weighted by Gasteiger charge is -2.27. The zero-order chi connectivity index (χ0) is 44.7. The standard InChI is InChI=1S/C64H40N2O2/c1-2-14-44-39-45(28-27-41(44)13-1)42-29-33-47(34-30-42)65(49-16-11-15-46(40-49)50-21-12-26-61-62(50)54-19-5-9-24-59(54)67-61)58-38-37-51(64-63(58)55-20-6-10-25-60(55)68-64)43-31-35-48(36-32-43)66-56-22-7-3-17-52(56)53-18-4-8-23-57(53)66/h1-40H. The molecule has 0 saturated heterocycles. The number of benzene rings is 11. The van der Waals surface area contributed by atoms with E-state index < -0.39 is 0 Å². The molecule has 14 aromatic rings. The molecule has 0 unspecified atom stereocenters. The fraction of sp³-hybridized carbons (Fsp3) is 0. The van der Waals surface area contributed by atoms with Crippen LogP contribution in [0.3, 0.4) is 0 Å². The van der Waals surface area contributed by atoms with Gasteiger partial charge in [-0.1, -0.05) is 158 Å². The maximum atomic E-state index is 6.96. The van der Waals surface area contributed by atoms with Gasteiger partial charge < -0.3 is 18.3 Å². The lowest BCUT2D eigenvalue weighted by Crippen LogP contribution is -2.10. The van der Waals surface area contributed by atoms with Crippen LogP contribution in [0.25, 0.3) is 116 Å². The number of furan rings is 2. The molecule has 318 valence electrons. The van der Waals surface area contributed by atoms with Gasteiger partial charge in [0.2, 0.25) is 0 Å². The maximum absolute atomic E-state index is 6.96. The summed E-state index contributed by atoms with van der Waals surface area (Å²) < 4.78 is 15.7. The number of para-hydroxylation sites is 4. The quantitative estimate of drug-likeness (QED) is 0.160. The van der Waals surface area contributed by atoms with Gasteiger partial charge >= 0.3 is 0 Å². The van der Waals surface area contributed by atoms with Gasteiger partial charge in [0.05, 0.1) is 22.1 Å². The number of aromatic nitrogens is 1. The first-order valence-electron chi connectivity index (χ1n) is 23.2. The van der Waals surface area contributed by atoms with Gasteiger partial charge in [0.1, 0.15) is 22.3 Å². The number of hydrogen-bond donors (Lipinski definition) is 0. The molecule has 0 radical (unpaired) electrons. The van der Waals surface area contributed by atoms with Gasteiger partial charge in [-0.25, -0.2) is 0 Å². The number of hydrogen-bond acceptors (Lipinski definition) is 3. The minimum absolute atomic E-state index is 0.844. The fourth-order valence-electron chi connectivity index (χ4n) is 10.6. The molecule has 3 heterocycles. The summed E-state index contributed by atoms with van der Waals surface area (Å²) in [6.45, 7) is 0. The van der Waals surface area contributed by atoms with Crippen LogP contribution in [0.15, 0.2) is 251 Å². The van der Waals surface area contributed by atoms with Crippen LogP contribution >= 0.6 is 0 Å². The Hall–Kier alpha value is -9.12. The molecular formula is C64H40N2O2. The minimum Gasteiger partial charge on any atom is -0.456 e. The van der Waals surface area contributed by atoms with Crippen LogP contribution < -0.4 is 4.90 Å². The van der Waals surface area contributed by atoms with Crippen LogP contribution in [-0.4, -0.2) is 4.57 Å². The molecule has 0 spiro atoms. The minimum atomic E-state index is 0.844. The van der Waals surface area contributed by atoms with Crippen LogP contribution in [0.1, 0.15) is 0 Å². The lowest BCUT2D eigenvalue weighted by atomic mass is 9.97. The molecule has 0 aliphatic carbocycles. The van der Waals surface area contributed by atoms with E-state index >= 15 is 0 Å². The molecule has 14 rings (SSSR count). The van der Waals surface area contributed by atoms with Gasteiger partial charge in [-0.15, -0.1) is 0 Å². The summed E-state index contributed by atoms with van der Waals surface area (Å²) in [5.41, 5.74) is 16.7.